The zero-order valence-corrected chi connectivity index (χ0v) is 13.1. The maximum absolute atomic E-state index is 5.51. The molecule has 6 heteroatoms. The first-order valence-corrected chi connectivity index (χ1v) is 8.04. The summed E-state index contributed by atoms with van der Waals surface area (Å²) < 4.78 is 10.7. The van der Waals surface area contributed by atoms with Crippen LogP contribution in [-0.2, 0) is 4.84 Å². The first kappa shape index (κ1) is 14.2. The van der Waals surface area contributed by atoms with Gasteiger partial charge in [-0.25, -0.2) is 0 Å². The van der Waals surface area contributed by atoms with Crippen molar-refractivity contribution in [2.24, 2.45) is 5.16 Å². The number of hydrogen-bond donors (Lipinski definition) is 0. The maximum Gasteiger partial charge on any atom is 0.270 e. The van der Waals surface area contributed by atoms with E-state index in [2.05, 4.69) is 15.3 Å². The molecule has 0 amide bonds. The van der Waals surface area contributed by atoms with Gasteiger partial charge in [-0.1, -0.05) is 35.3 Å². The number of benzene rings is 1. The molecule has 0 saturated heterocycles. The highest BCUT2D eigenvalue weighted by molar-refractivity contribution is 6.01. The monoisotopic (exact) mass is 313 g/mol. The molecule has 1 aromatic carbocycles. The Morgan fingerprint density at radius 1 is 1.22 bits per heavy atom. The zero-order valence-electron chi connectivity index (χ0n) is 13.1. The molecule has 1 unspecified atom stereocenters. The first-order chi connectivity index (χ1) is 11.3. The third-order valence-electron chi connectivity index (χ3n) is 4.53. The van der Waals surface area contributed by atoms with E-state index >= 15 is 0 Å². The lowest BCUT2D eigenvalue weighted by atomic mass is 10.0. The lowest BCUT2D eigenvalue weighted by molar-refractivity contribution is 0.0599. The van der Waals surface area contributed by atoms with Crippen LogP contribution in [0, 0.1) is 0 Å². The average molecular weight is 313 g/mol. The SMILES string of the molecule is COc1cccc(C2=NOC(c3nc(C4CCCC4)no3)C2)c1. The van der Waals surface area contributed by atoms with Gasteiger partial charge in [-0.05, 0) is 25.0 Å². The highest BCUT2D eigenvalue weighted by atomic mass is 16.7. The Balaban J connectivity index is 1.47. The molecule has 2 heterocycles. The van der Waals surface area contributed by atoms with Gasteiger partial charge in [0.15, 0.2) is 5.82 Å². The van der Waals surface area contributed by atoms with Crippen LogP contribution in [0.1, 0.15) is 61.4 Å². The first-order valence-electron chi connectivity index (χ1n) is 8.04. The Morgan fingerprint density at radius 3 is 2.91 bits per heavy atom. The van der Waals surface area contributed by atoms with E-state index in [9.17, 15) is 0 Å². The quantitative estimate of drug-likeness (QED) is 0.862. The summed E-state index contributed by atoms with van der Waals surface area (Å²) in [5.74, 6) is 2.58. The Hall–Kier alpha value is -2.37. The fourth-order valence-corrected chi connectivity index (χ4v) is 3.21. The second kappa shape index (κ2) is 6.02. The molecule has 6 nitrogen and oxygen atoms in total. The molecular formula is C17H19N3O3. The van der Waals surface area contributed by atoms with Gasteiger partial charge in [-0.15, -0.1) is 0 Å². The molecule has 2 aromatic rings. The predicted molar refractivity (Wildman–Crippen MR) is 83.5 cm³/mol. The lowest BCUT2D eigenvalue weighted by Crippen LogP contribution is -2.03. The topological polar surface area (TPSA) is 69.7 Å². The molecule has 1 atom stereocenters. The number of hydrogen-bond acceptors (Lipinski definition) is 6. The number of oxime groups is 1. The van der Waals surface area contributed by atoms with E-state index in [0.717, 1.165) is 35.7 Å². The molecule has 0 radical (unpaired) electrons. The molecule has 0 bridgehead atoms. The average Bonchev–Trinajstić information content (AvgIpc) is 3.34. The van der Waals surface area contributed by atoms with E-state index in [1.54, 1.807) is 7.11 Å². The zero-order chi connectivity index (χ0) is 15.6. The van der Waals surface area contributed by atoms with Crippen LogP contribution < -0.4 is 4.74 Å². The van der Waals surface area contributed by atoms with Gasteiger partial charge in [0.1, 0.15) is 5.75 Å². The van der Waals surface area contributed by atoms with Crippen molar-refractivity contribution in [3.63, 3.8) is 0 Å². The van der Waals surface area contributed by atoms with Crippen molar-refractivity contribution in [3.8, 4) is 5.75 Å². The Morgan fingerprint density at radius 2 is 2.09 bits per heavy atom. The van der Waals surface area contributed by atoms with Crippen LogP contribution in [0.5, 0.6) is 5.75 Å². The van der Waals surface area contributed by atoms with Crippen LogP contribution in [0.15, 0.2) is 33.9 Å². The fourth-order valence-electron chi connectivity index (χ4n) is 3.21. The van der Waals surface area contributed by atoms with Gasteiger partial charge in [0, 0.05) is 17.9 Å². The summed E-state index contributed by atoms with van der Waals surface area (Å²) in [5.41, 5.74) is 1.86. The van der Waals surface area contributed by atoms with Gasteiger partial charge in [-0.3, -0.25) is 0 Å². The van der Waals surface area contributed by atoms with Crippen molar-refractivity contribution in [1.29, 1.82) is 0 Å². The number of ether oxygens (including phenoxy) is 1. The summed E-state index contributed by atoms with van der Waals surface area (Å²) in [6.07, 6.45) is 5.12. The van der Waals surface area contributed by atoms with Crippen molar-refractivity contribution in [2.75, 3.05) is 7.11 Å². The summed E-state index contributed by atoms with van der Waals surface area (Å²) >= 11 is 0. The molecule has 1 saturated carbocycles. The summed E-state index contributed by atoms with van der Waals surface area (Å²) in [5, 5.41) is 8.31. The standard InChI is InChI=1S/C17H19N3O3/c1-21-13-8-4-7-12(9-13)14-10-15(22-19-14)17-18-16(20-23-17)11-5-2-3-6-11/h4,7-9,11,15H,2-3,5-6,10H2,1H3. The minimum Gasteiger partial charge on any atom is -0.497 e. The Bertz CT molecular complexity index is 719. The third-order valence-corrected chi connectivity index (χ3v) is 4.53. The van der Waals surface area contributed by atoms with Crippen LogP contribution in [0.2, 0.25) is 0 Å². The van der Waals surface area contributed by atoms with Crippen LogP contribution in [0.3, 0.4) is 0 Å². The van der Waals surface area contributed by atoms with E-state index in [1.165, 1.54) is 12.8 Å². The van der Waals surface area contributed by atoms with Crippen LogP contribution in [0.25, 0.3) is 0 Å². The van der Waals surface area contributed by atoms with Crippen LogP contribution >= 0.6 is 0 Å². The smallest absolute Gasteiger partial charge is 0.270 e. The fraction of sp³-hybridized carbons (Fsp3) is 0.471. The lowest BCUT2D eigenvalue weighted by Gasteiger charge is -2.03. The molecule has 1 aromatic heterocycles. The Kier molecular flexibility index (Phi) is 3.73. The molecule has 0 N–H and O–H groups in total. The largest absolute Gasteiger partial charge is 0.497 e. The highest BCUT2D eigenvalue weighted by Crippen LogP contribution is 2.34. The molecule has 0 spiro atoms. The summed E-state index contributed by atoms with van der Waals surface area (Å²) in [6.45, 7) is 0. The maximum atomic E-state index is 5.51. The van der Waals surface area contributed by atoms with Gasteiger partial charge in [-0.2, -0.15) is 4.98 Å². The number of aromatic nitrogens is 2. The molecule has 1 aliphatic heterocycles. The van der Waals surface area contributed by atoms with Crippen LogP contribution in [-0.4, -0.2) is 23.0 Å². The highest BCUT2D eigenvalue weighted by Gasteiger charge is 2.31. The van der Waals surface area contributed by atoms with E-state index in [-0.39, 0.29) is 6.10 Å². The molecule has 2 aliphatic rings. The number of nitrogens with zero attached hydrogens (tertiary/aromatic N) is 3. The van der Waals surface area contributed by atoms with E-state index in [0.29, 0.717) is 18.2 Å². The number of methoxy groups -OCH3 is 1. The van der Waals surface area contributed by atoms with E-state index < -0.39 is 0 Å². The van der Waals surface area contributed by atoms with Crippen molar-refractivity contribution >= 4 is 5.71 Å². The molecule has 4 rings (SSSR count). The van der Waals surface area contributed by atoms with Crippen molar-refractivity contribution in [3.05, 3.63) is 41.5 Å². The normalized spacial score (nSPS) is 21.3. The van der Waals surface area contributed by atoms with E-state index in [1.807, 2.05) is 24.3 Å². The minimum absolute atomic E-state index is 0.293. The molecule has 120 valence electrons. The van der Waals surface area contributed by atoms with Crippen molar-refractivity contribution < 1.29 is 14.1 Å². The Labute approximate surface area is 134 Å². The third kappa shape index (κ3) is 2.81. The summed E-state index contributed by atoms with van der Waals surface area (Å²) in [7, 11) is 1.65. The summed E-state index contributed by atoms with van der Waals surface area (Å²) in [4.78, 5) is 10.0. The number of rotatable bonds is 4. The minimum atomic E-state index is -0.293. The van der Waals surface area contributed by atoms with Gasteiger partial charge < -0.3 is 14.1 Å². The van der Waals surface area contributed by atoms with Crippen molar-refractivity contribution in [1.82, 2.24) is 10.1 Å². The van der Waals surface area contributed by atoms with Crippen molar-refractivity contribution in [2.45, 2.75) is 44.1 Å². The molecule has 1 fully saturated rings. The van der Waals surface area contributed by atoms with Gasteiger partial charge >= 0.3 is 0 Å². The predicted octanol–water partition coefficient (Wildman–Crippen LogP) is 3.60. The van der Waals surface area contributed by atoms with Gasteiger partial charge in [0.2, 0.25) is 6.10 Å². The second-order valence-electron chi connectivity index (χ2n) is 6.04. The van der Waals surface area contributed by atoms with E-state index in [4.69, 9.17) is 14.1 Å². The molecule has 1 aliphatic carbocycles. The molecular weight excluding hydrogens is 294 g/mol. The van der Waals surface area contributed by atoms with Gasteiger partial charge in [0.25, 0.3) is 5.89 Å². The molecule has 23 heavy (non-hydrogen) atoms. The second-order valence-corrected chi connectivity index (χ2v) is 6.04. The summed E-state index contributed by atoms with van der Waals surface area (Å²) in [6, 6.07) is 7.78. The van der Waals surface area contributed by atoms with Crippen LogP contribution in [0.4, 0.5) is 0 Å². The van der Waals surface area contributed by atoms with Gasteiger partial charge in [0.05, 0.1) is 12.8 Å².